The molecule has 1 N–H and O–H groups in total. The third-order valence-electron chi connectivity index (χ3n) is 4.85. The molecule has 0 bridgehead atoms. The molecule has 0 aliphatic carbocycles. The van der Waals surface area contributed by atoms with Crippen LogP contribution in [0.15, 0.2) is 47.2 Å². The fraction of sp³-hybridized carbons (Fsp3) is 0.368. The molecule has 8 heteroatoms. The molecular weight excluding hydrogens is 344 g/mol. The van der Waals surface area contributed by atoms with Crippen molar-refractivity contribution >= 4 is 16.9 Å². The highest BCUT2D eigenvalue weighted by Gasteiger charge is 2.17. The molecule has 2 aromatic heterocycles. The fourth-order valence-electron chi connectivity index (χ4n) is 3.20. The van der Waals surface area contributed by atoms with Gasteiger partial charge >= 0.3 is 0 Å². The van der Waals surface area contributed by atoms with Gasteiger partial charge < -0.3 is 10.2 Å². The molecule has 3 aromatic rings. The third-order valence-corrected chi connectivity index (χ3v) is 4.85. The van der Waals surface area contributed by atoms with Gasteiger partial charge in [0.15, 0.2) is 0 Å². The Morgan fingerprint density at radius 2 is 1.85 bits per heavy atom. The van der Waals surface area contributed by atoms with Gasteiger partial charge in [-0.2, -0.15) is 0 Å². The zero-order chi connectivity index (χ0) is 18.5. The standard InChI is InChI=1S/C19H22N6O2/c26-19(15-4-5-17-18(13-15)23-27-22-17)21-14-25-11-9-24(10-12-25)8-6-16-3-1-2-7-20-16/h1-5,7,13H,6,8-12,14H2,(H,21,26). The van der Waals surface area contributed by atoms with Crippen LogP contribution in [0.5, 0.6) is 0 Å². The lowest BCUT2D eigenvalue weighted by molar-refractivity contribution is 0.0873. The topological polar surface area (TPSA) is 87.4 Å². The summed E-state index contributed by atoms with van der Waals surface area (Å²) >= 11 is 0. The molecule has 1 aliphatic rings. The Balaban J connectivity index is 1.20. The zero-order valence-electron chi connectivity index (χ0n) is 15.0. The van der Waals surface area contributed by atoms with E-state index in [0.717, 1.165) is 44.8 Å². The third kappa shape index (κ3) is 4.47. The summed E-state index contributed by atoms with van der Waals surface area (Å²) in [7, 11) is 0. The number of pyridine rings is 1. The minimum Gasteiger partial charge on any atom is -0.339 e. The van der Waals surface area contributed by atoms with E-state index in [1.54, 1.807) is 18.2 Å². The Hall–Kier alpha value is -2.84. The van der Waals surface area contributed by atoms with Gasteiger partial charge in [0.05, 0.1) is 6.67 Å². The second-order valence-electron chi connectivity index (χ2n) is 6.66. The van der Waals surface area contributed by atoms with Crippen LogP contribution in [0.4, 0.5) is 0 Å². The molecule has 27 heavy (non-hydrogen) atoms. The molecule has 0 saturated carbocycles. The first-order valence-electron chi connectivity index (χ1n) is 9.13. The van der Waals surface area contributed by atoms with Crippen LogP contribution in [-0.4, -0.2) is 70.4 Å². The van der Waals surface area contributed by atoms with Gasteiger partial charge in [0.25, 0.3) is 5.91 Å². The number of carbonyl (C=O) groups is 1. The molecule has 1 aromatic carbocycles. The molecule has 1 fully saturated rings. The van der Waals surface area contributed by atoms with Gasteiger partial charge in [0.1, 0.15) is 11.0 Å². The average Bonchev–Trinajstić information content (AvgIpc) is 3.20. The maximum atomic E-state index is 12.3. The molecule has 8 nitrogen and oxygen atoms in total. The van der Waals surface area contributed by atoms with Crippen LogP contribution in [0.3, 0.4) is 0 Å². The van der Waals surface area contributed by atoms with Crippen LogP contribution < -0.4 is 5.32 Å². The van der Waals surface area contributed by atoms with Crippen molar-refractivity contribution in [3.8, 4) is 0 Å². The molecule has 140 valence electrons. The van der Waals surface area contributed by atoms with Crippen molar-refractivity contribution < 1.29 is 9.42 Å². The number of hydrogen-bond acceptors (Lipinski definition) is 7. The lowest BCUT2D eigenvalue weighted by atomic mass is 10.2. The molecule has 0 atom stereocenters. The number of fused-ring (bicyclic) bond motifs is 1. The van der Waals surface area contributed by atoms with Crippen LogP contribution in [0.1, 0.15) is 16.1 Å². The average molecular weight is 366 g/mol. The first kappa shape index (κ1) is 17.6. The number of rotatable bonds is 6. The number of amides is 1. The second-order valence-corrected chi connectivity index (χ2v) is 6.66. The molecule has 3 heterocycles. The van der Waals surface area contributed by atoms with Crippen molar-refractivity contribution in [3.05, 3.63) is 53.9 Å². The Morgan fingerprint density at radius 1 is 1.04 bits per heavy atom. The van der Waals surface area contributed by atoms with Gasteiger partial charge in [-0.15, -0.1) is 0 Å². The highest BCUT2D eigenvalue weighted by molar-refractivity contribution is 5.97. The van der Waals surface area contributed by atoms with E-state index in [1.165, 1.54) is 0 Å². The molecule has 0 unspecified atom stereocenters. The molecule has 4 rings (SSSR count). The smallest absolute Gasteiger partial charge is 0.252 e. The molecule has 1 saturated heterocycles. The summed E-state index contributed by atoms with van der Waals surface area (Å²) in [5, 5.41) is 10.5. The van der Waals surface area contributed by atoms with Gasteiger partial charge in [-0.3, -0.25) is 14.7 Å². The number of carbonyl (C=O) groups excluding carboxylic acids is 1. The predicted octanol–water partition coefficient (Wildman–Crippen LogP) is 1.17. The van der Waals surface area contributed by atoms with E-state index in [4.69, 9.17) is 0 Å². The normalized spacial score (nSPS) is 15.9. The van der Waals surface area contributed by atoms with E-state index < -0.39 is 0 Å². The first-order chi connectivity index (χ1) is 13.3. The van der Waals surface area contributed by atoms with Gasteiger partial charge in [-0.1, -0.05) is 6.07 Å². The summed E-state index contributed by atoms with van der Waals surface area (Å²) in [5.74, 6) is -0.113. The fourth-order valence-corrected chi connectivity index (χ4v) is 3.20. The number of hydrogen-bond donors (Lipinski definition) is 1. The van der Waals surface area contributed by atoms with Gasteiger partial charge in [-0.05, 0) is 40.6 Å². The minimum absolute atomic E-state index is 0.113. The van der Waals surface area contributed by atoms with E-state index in [2.05, 4.69) is 41.1 Å². The summed E-state index contributed by atoms with van der Waals surface area (Å²) in [6.45, 7) is 5.44. The second kappa shape index (κ2) is 8.24. The van der Waals surface area contributed by atoms with E-state index in [-0.39, 0.29) is 5.91 Å². The SMILES string of the molecule is O=C(NCN1CCN(CCc2ccccn2)CC1)c1ccc2nonc2c1. The molecular formula is C19H22N6O2. The van der Waals surface area contributed by atoms with Crippen molar-refractivity contribution in [1.29, 1.82) is 0 Å². The van der Waals surface area contributed by atoms with Crippen LogP contribution in [0.2, 0.25) is 0 Å². The number of aromatic nitrogens is 3. The largest absolute Gasteiger partial charge is 0.339 e. The van der Waals surface area contributed by atoms with E-state index in [9.17, 15) is 4.79 Å². The van der Waals surface area contributed by atoms with Gasteiger partial charge in [0, 0.05) is 56.6 Å². The highest BCUT2D eigenvalue weighted by Crippen LogP contribution is 2.11. The van der Waals surface area contributed by atoms with Crippen LogP contribution >= 0.6 is 0 Å². The predicted molar refractivity (Wildman–Crippen MR) is 100 cm³/mol. The Labute approximate surface area is 157 Å². The molecule has 0 spiro atoms. The van der Waals surface area contributed by atoms with E-state index in [1.807, 2.05) is 18.3 Å². The number of nitrogens with one attached hydrogen (secondary N) is 1. The monoisotopic (exact) mass is 366 g/mol. The summed E-state index contributed by atoms with van der Waals surface area (Å²) in [5.41, 5.74) is 2.93. The van der Waals surface area contributed by atoms with Gasteiger partial charge in [-0.25, -0.2) is 4.63 Å². The van der Waals surface area contributed by atoms with E-state index in [0.29, 0.717) is 23.3 Å². The van der Waals surface area contributed by atoms with Crippen molar-refractivity contribution in [3.63, 3.8) is 0 Å². The maximum absolute atomic E-state index is 12.3. The van der Waals surface area contributed by atoms with Crippen LogP contribution in [0.25, 0.3) is 11.0 Å². The number of piperazine rings is 1. The lowest BCUT2D eigenvalue weighted by Gasteiger charge is -2.34. The van der Waals surface area contributed by atoms with E-state index >= 15 is 0 Å². The summed E-state index contributed by atoms with van der Waals surface area (Å²) in [6.07, 6.45) is 2.81. The minimum atomic E-state index is -0.113. The van der Waals surface area contributed by atoms with Crippen LogP contribution in [-0.2, 0) is 6.42 Å². The Morgan fingerprint density at radius 3 is 2.67 bits per heavy atom. The lowest BCUT2D eigenvalue weighted by Crippen LogP contribution is -2.50. The molecule has 1 aliphatic heterocycles. The maximum Gasteiger partial charge on any atom is 0.252 e. The summed E-state index contributed by atoms with van der Waals surface area (Å²) < 4.78 is 4.66. The van der Waals surface area contributed by atoms with Crippen molar-refractivity contribution in [1.82, 2.24) is 30.4 Å². The van der Waals surface area contributed by atoms with Crippen molar-refractivity contribution in [2.24, 2.45) is 0 Å². The quantitative estimate of drug-likeness (QED) is 0.700. The highest BCUT2D eigenvalue weighted by atomic mass is 16.6. The van der Waals surface area contributed by atoms with Crippen LogP contribution in [0, 0.1) is 0 Å². The molecule has 1 amide bonds. The first-order valence-corrected chi connectivity index (χ1v) is 9.13. The number of nitrogens with zero attached hydrogens (tertiary/aromatic N) is 5. The summed E-state index contributed by atoms with van der Waals surface area (Å²) in [4.78, 5) is 21.4. The molecule has 0 radical (unpaired) electrons. The van der Waals surface area contributed by atoms with Crippen molar-refractivity contribution in [2.45, 2.75) is 6.42 Å². The van der Waals surface area contributed by atoms with Gasteiger partial charge in [0.2, 0.25) is 0 Å². The Bertz CT molecular complexity index is 889. The summed E-state index contributed by atoms with van der Waals surface area (Å²) in [6, 6.07) is 11.2. The van der Waals surface area contributed by atoms with Crippen molar-refractivity contribution in [2.75, 3.05) is 39.4 Å². The number of benzene rings is 1. The zero-order valence-corrected chi connectivity index (χ0v) is 15.0. The Kier molecular flexibility index (Phi) is 5.36.